The lowest BCUT2D eigenvalue weighted by Crippen LogP contribution is -2.12. The molecular formula is C20H19BrO8. The molecule has 0 N–H and O–H groups in total. The summed E-state index contributed by atoms with van der Waals surface area (Å²) >= 11 is 3.45. The largest absolute Gasteiger partial charge is 0.493 e. The Hall–Kier alpha value is -2.65. The molecule has 0 unspecified atom stereocenters. The van der Waals surface area contributed by atoms with Crippen LogP contribution in [0.1, 0.15) is 22.0 Å². The van der Waals surface area contributed by atoms with E-state index in [1.807, 2.05) is 6.07 Å². The van der Waals surface area contributed by atoms with Crippen LogP contribution in [0.3, 0.4) is 0 Å². The third kappa shape index (κ3) is 3.14. The van der Waals surface area contributed by atoms with Crippen LogP contribution in [-0.2, 0) is 4.74 Å². The number of Topliss-reactive ketones (excluding diaryl/α,β-unsaturated/α-hetero) is 1. The Kier molecular flexibility index (Phi) is 5.18. The zero-order chi connectivity index (χ0) is 20.7. The van der Waals surface area contributed by atoms with Crippen molar-refractivity contribution in [2.45, 2.75) is 12.2 Å². The van der Waals surface area contributed by atoms with E-state index in [1.54, 1.807) is 26.4 Å². The minimum Gasteiger partial charge on any atom is -0.493 e. The molecule has 0 radical (unpaired) electrons. The van der Waals surface area contributed by atoms with Crippen LogP contribution in [0.25, 0.3) is 0 Å². The molecule has 0 amide bonds. The van der Waals surface area contributed by atoms with Gasteiger partial charge in [0.2, 0.25) is 18.3 Å². The van der Waals surface area contributed by atoms with Crippen molar-refractivity contribution in [3.8, 4) is 34.5 Å². The highest BCUT2D eigenvalue weighted by Crippen LogP contribution is 2.55. The van der Waals surface area contributed by atoms with Gasteiger partial charge in [0.15, 0.2) is 34.9 Å². The molecule has 1 fully saturated rings. The molecule has 9 heteroatoms. The highest BCUT2D eigenvalue weighted by Gasteiger charge is 2.49. The predicted molar refractivity (Wildman–Crippen MR) is 105 cm³/mol. The summed E-state index contributed by atoms with van der Waals surface area (Å²) in [6, 6.07) is 5.41. The molecule has 0 aromatic heterocycles. The monoisotopic (exact) mass is 466 g/mol. The number of ketones is 1. The van der Waals surface area contributed by atoms with Gasteiger partial charge >= 0.3 is 0 Å². The van der Waals surface area contributed by atoms with E-state index in [1.165, 1.54) is 14.2 Å². The molecular weight excluding hydrogens is 448 g/mol. The quantitative estimate of drug-likeness (QED) is 0.452. The summed E-state index contributed by atoms with van der Waals surface area (Å²) in [5.74, 6) is 2.25. The Balaban J connectivity index is 1.69. The lowest BCUT2D eigenvalue weighted by atomic mass is 10.0. The van der Waals surface area contributed by atoms with Crippen molar-refractivity contribution in [2.75, 3.05) is 35.2 Å². The number of hydrogen-bond donors (Lipinski definition) is 0. The standard InChI is InChI=1S/C20H19BrO8/c1-23-10-6-5-9(7-11(10)24-2)15-18(29-15)14(22)12-13(21)17-20(28-8-27-17)19(26-4)16(12)25-3/h5-7,15,18H,8H2,1-4H3/t15-,18-/m1/s1. The van der Waals surface area contributed by atoms with Gasteiger partial charge in [-0.1, -0.05) is 6.07 Å². The average Bonchev–Trinajstić information content (AvgIpc) is 3.40. The summed E-state index contributed by atoms with van der Waals surface area (Å²) in [4.78, 5) is 13.3. The number of halogens is 1. The van der Waals surface area contributed by atoms with Crippen molar-refractivity contribution in [2.24, 2.45) is 0 Å². The molecule has 2 heterocycles. The Morgan fingerprint density at radius 3 is 2.31 bits per heavy atom. The number of ether oxygens (including phenoxy) is 7. The molecule has 4 rings (SSSR count). The number of carbonyl (C=O) groups is 1. The van der Waals surface area contributed by atoms with Gasteiger partial charge < -0.3 is 33.2 Å². The SMILES string of the molecule is COc1ccc([C@H]2O[C@@H]2C(=O)c2c(Br)c3c(c(OC)c2OC)OCO3)cc1OC. The van der Waals surface area contributed by atoms with Gasteiger partial charge in [0.05, 0.1) is 38.5 Å². The molecule has 1 saturated heterocycles. The first-order valence-corrected chi connectivity index (χ1v) is 9.49. The number of hydrogen-bond acceptors (Lipinski definition) is 8. The number of fused-ring (bicyclic) bond motifs is 1. The molecule has 2 aromatic carbocycles. The van der Waals surface area contributed by atoms with E-state index in [0.717, 1.165) is 5.56 Å². The summed E-state index contributed by atoms with van der Waals surface area (Å²) in [6.45, 7) is 0.0271. The molecule has 2 atom stereocenters. The smallest absolute Gasteiger partial charge is 0.231 e. The molecule has 154 valence electrons. The van der Waals surface area contributed by atoms with Gasteiger partial charge in [0, 0.05) is 0 Å². The molecule has 8 nitrogen and oxygen atoms in total. The maximum atomic E-state index is 13.3. The van der Waals surface area contributed by atoms with Crippen LogP contribution < -0.4 is 28.4 Å². The number of carbonyl (C=O) groups excluding carboxylic acids is 1. The van der Waals surface area contributed by atoms with Crippen LogP contribution in [0.15, 0.2) is 22.7 Å². The molecule has 0 bridgehead atoms. The Morgan fingerprint density at radius 2 is 1.66 bits per heavy atom. The molecule has 0 spiro atoms. The summed E-state index contributed by atoms with van der Waals surface area (Å²) in [5, 5.41) is 0. The zero-order valence-electron chi connectivity index (χ0n) is 16.2. The molecule has 0 aliphatic carbocycles. The van der Waals surface area contributed by atoms with E-state index < -0.39 is 12.2 Å². The minimum absolute atomic E-state index is 0.0271. The van der Waals surface area contributed by atoms with Crippen molar-refractivity contribution in [1.29, 1.82) is 0 Å². The van der Waals surface area contributed by atoms with Gasteiger partial charge in [-0.2, -0.15) is 0 Å². The van der Waals surface area contributed by atoms with Gasteiger partial charge in [-0.3, -0.25) is 4.79 Å². The fraction of sp³-hybridized carbons (Fsp3) is 0.350. The summed E-state index contributed by atoms with van der Waals surface area (Å²) in [6.07, 6.45) is -1.08. The second kappa shape index (κ2) is 7.64. The first-order valence-electron chi connectivity index (χ1n) is 8.70. The maximum Gasteiger partial charge on any atom is 0.231 e. The van der Waals surface area contributed by atoms with Crippen LogP contribution >= 0.6 is 15.9 Å². The fourth-order valence-corrected chi connectivity index (χ4v) is 4.05. The van der Waals surface area contributed by atoms with Crippen LogP contribution in [-0.4, -0.2) is 47.1 Å². The normalized spacial score (nSPS) is 18.9. The number of epoxide rings is 1. The third-order valence-electron chi connectivity index (χ3n) is 4.81. The predicted octanol–water partition coefficient (Wildman–Crippen LogP) is 3.54. The number of benzene rings is 2. The van der Waals surface area contributed by atoms with Crippen molar-refractivity contribution in [3.05, 3.63) is 33.8 Å². The lowest BCUT2D eigenvalue weighted by molar-refractivity contribution is 0.0948. The minimum atomic E-state index is -0.677. The van der Waals surface area contributed by atoms with E-state index in [9.17, 15) is 4.79 Å². The van der Waals surface area contributed by atoms with E-state index in [4.69, 9.17) is 33.2 Å². The van der Waals surface area contributed by atoms with E-state index in [0.29, 0.717) is 33.2 Å². The lowest BCUT2D eigenvalue weighted by Gasteiger charge is -2.15. The summed E-state index contributed by atoms with van der Waals surface area (Å²) in [7, 11) is 6.05. The van der Waals surface area contributed by atoms with Crippen molar-refractivity contribution >= 4 is 21.7 Å². The first kappa shape index (κ1) is 19.7. The van der Waals surface area contributed by atoms with Gasteiger partial charge in [0.1, 0.15) is 6.10 Å². The Bertz CT molecular complexity index is 974. The van der Waals surface area contributed by atoms with Crippen molar-refractivity contribution in [1.82, 2.24) is 0 Å². The first-order chi connectivity index (χ1) is 14.0. The molecule has 29 heavy (non-hydrogen) atoms. The number of rotatable bonds is 7. The third-order valence-corrected chi connectivity index (χ3v) is 5.57. The van der Waals surface area contributed by atoms with Crippen LogP contribution in [0.5, 0.6) is 34.5 Å². The topological polar surface area (TPSA) is 85.0 Å². The highest BCUT2D eigenvalue weighted by molar-refractivity contribution is 9.10. The Morgan fingerprint density at radius 1 is 0.966 bits per heavy atom. The van der Waals surface area contributed by atoms with Crippen molar-refractivity contribution in [3.63, 3.8) is 0 Å². The van der Waals surface area contributed by atoms with Gasteiger partial charge in [-0.25, -0.2) is 0 Å². The van der Waals surface area contributed by atoms with Gasteiger partial charge in [-0.15, -0.1) is 0 Å². The molecule has 2 aliphatic heterocycles. The zero-order valence-corrected chi connectivity index (χ0v) is 17.8. The maximum absolute atomic E-state index is 13.3. The number of methoxy groups -OCH3 is 4. The van der Waals surface area contributed by atoms with E-state index >= 15 is 0 Å². The second-order valence-corrected chi connectivity index (χ2v) is 7.07. The summed E-state index contributed by atoms with van der Waals surface area (Å²) < 4.78 is 38.6. The fourth-order valence-electron chi connectivity index (χ4n) is 3.38. The summed E-state index contributed by atoms with van der Waals surface area (Å²) in [5.41, 5.74) is 1.09. The van der Waals surface area contributed by atoms with E-state index in [-0.39, 0.29) is 23.9 Å². The van der Waals surface area contributed by atoms with Crippen LogP contribution in [0, 0.1) is 0 Å². The van der Waals surface area contributed by atoms with Gasteiger partial charge in [-0.05, 0) is 33.6 Å². The second-order valence-electron chi connectivity index (χ2n) is 6.28. The van der Waals surface area contributed by atoms with Crippen LogP contribution in [0.4, 0.5) is 0 Å². The van der Waals surface area contributed by atoms with E-state index in [2.05, 4.69) is 15.9 Å². The molecule has 0 saturated carbocycles. The van der Waals surface area contributed by atoms with Crippen molar-refractivity contribution < 1.29 is 38.0 Å². The highest BCUT2D eigenvalue weighted by atomic mass is 79.9. The van der Waals surface area contributed by atoms with Gasteiger partial charge in [0.25, 0.3) is 0 Å². The molecule has 2 aromatic rings. The Labute approximate surface area is 175 Å². The molecule has 2 aliphatic rings. The van der Waals surface area contributed by atoms with Crippen LogP contribution in [0.2, 0.25) is 0 Å². The average molecular weight is 467 g/mol.